The molecular weight excluding hydrogens is 238 g/mol. The normalized spacial score (nSPS) is 12.1. The van der Waals surface area contributed by atoms with Gasteiger partial charge in [-0.05, 0) is 19.1 Å². The third-order valence-corrected chi connectivity index (χ3v) is 3.23. The topological polar surface area (TPSA) is 42.2 Å². The Hall–Kier alpha value is -1.74. The number of aromatic nitrogens is 1. The molecule has 2 rings (SSSR count). The first kappa shape index (κ1) is 11.7. The van der Waals surface area contributed by atoms with Crippen molar-refractivity contribution >= 4 is 34.5 Å². The molecule has 0 radical (unpaired) electrons. The van der Waals surface area contributed by atoms with Crippen LogP contribution in [0.2, 0.25) is 5.15 Å². The zero-order chi connectivity index (χ0) is 12.6. The van der Waals surface area contributed by atoms with E-state index in [1.807, 2.05) is 35.9 Å². The van der Waals surface area contributed by atoms with E-state index in [-0.39, 0.29) is 5.57 Å². The summed E-state index contributed by atoms with van der Waals surface area (Å²) in [5.41, 5.74) is 2.01. The Bertz CT molecular complexity index is 626. The van der Waals surface area contributed by atoms with E-state index in [1.54, 1.807) is 13.0 Å². The van der Waals surface area contributed by atoms with Crippen LogP contribution in [0.5, 0.6) is 0 Å². The molecule has 0 bridgehead atoms. The molecule has 0 unspecified atom stereocenters. The fourth-order valence-electron chi connectivity index (χ4n) is 1.81. The highest BCUT2D eigenvalue weighted by Crippen LogP contribution is 2.30. The number of aliphatic carboxylic acids is 1. The number of halogens is 1. The number of para-hydroxylation sites is 1. The monoisotopic (exact) mass is 249 g/mol. The minimum absolute atomic E-state index is 0.267. The van der Waals surface area contributed by atoms with Crippen LogP contribution in [0.15, 0.2) is 29.8 Å². The number of hydrogen-bond acceptors (Lipinski definition) is 1. The molecule has 1 N–H and O–H groups in total. The highest BCUT2D eigenvalue weighted by atomic mass is 35.5. The number of carbonyl (C=O) groups is 1. The van der Waals surface area contributed by atoms with Crippen molar-refractivity contribution in [3.05, 3.63) is 40.6 Å². The van der Waals surface area contributed by atoms with Gasteiger partial charge in [0.1, 0.15) is 5.15 Å². The maximum Gasteiger partial charge on any atom is 0.331 e. The maximum absolute atomic E-state index is 10.8. The Balaban J connectivity index is 2.74. The molecule has 0 fully saturated rings. The van der Waals surface area contributed by atoms with Gasteiger partial charge in [-0.25, -0.2) is 4.79 Å². The largest absolute Gasteiger partial charge is 0.478 e. The van der Waals surface area contributed by atoms with Gasteiger partial charge in [0, 0.05) is 29.1 Å². The summed E-state index contributed by atoms with van der Waals surface area (Å²) in [6.07, 6.45) is 1.60. The summed E-state index contributed by atoms with van der Waals surface area (Å²) in [6.45, 7) is 1.56. The van der Waals surface area contributed by atoms with E-state index in [0.717, 1.165) is 16.5 Å². The van der Waals surface area contributed by atoms with Gasteiger partial charge in [-0.3, -0.25) is 0 Å². The number of rotatable bonds is 2. The number of hydrogen-bond donors (Lipinski definition) is 1. The molecule has 0 aliphatic heterocycles. The molecule has 1 heterocycles. The van der Waals surface area contributed by atoms with Gasteiger partial charge in [-0.2, -0.15) is 0 Å². The number of carboxylic acids is 1. The van der Waals surface area contributed by atoms with Crippen LogP contribution in [-0.4, -0.2) is 15.6 Å². The molecule has 0 saturated carbocycles. The van der Waals surface area contributed by atoms with Gasteiger partial charge >= 0.3 is 5.97 Å². The molecule has 1 aromatic heterocycles. The van der Waals surface area contributed by atoms with E-state index in [2.05, 4.69) is 0 Å². The summed E-state index contributed by atoms with van der Waals surface area (Å²) >= 11 is 6.21. The minimum atomic E-state index is -0.936. The molecule has 0 amide bonds. The summed E-state index contributed by atoms with van der Waals surface area (Å²) in [5.74, 6) is -0.936. The first-order valence-electron chi connectivity index (χ1n) is 5.17. The molecule has 0 atom stereocenters. The molecular formula is C13H12ClNO2. The zero-order valence-corrected chi connectivity index (χ0v) is 10.3. The Labute approximate surface area is 104 Å². The maximum atomic E-state index is 10.8. The lowest BCUT2D eigenvalue weighted by molar-refractivity contribution is -0.132. The van der Waals surface area contributed by atoms with Crippen LogP contribution >= 0.6 is 11.6 Å². The van der Waals surface area contributed by atoms with E-state index in [0.29, 0.717) is 5.15 Å². The highest BCUT2D eigenvalue weighted by Gasteiger charge is 2.12. The molecule has 88 valence electrons. The summed E-state index contributed by atoms with van der Waals surface area (Å²) in [6, 6.07) is 7.72. The third-order valence-electron chi connectivity index (χ3n) is 2.77. The van der Waals surface area contributed by atoms with Crippen LogP contribution in [0.4, 0.5) is 0 Å². The fraction of sp³-hybridized carbons (Fsp3) is 0.154. The van der Waals surface area contributed by atoms with Crippen molar-refractivity contribution < 1.29 is 9.90 Å². The van der Waals surface area contributed by atoms with E-state index in [9.17, 15) is 4.79 Å². The van der Waals surface area contributed by atoms with Gasteiger partial charge in [-0.1, -0.05) is 29.8 Å². The van der Waals surface area contributed by atoms with Gasteiger partial charge < -0.3 is 9.67 Å². The van der Waals surface area contributed by atoms with Gasteiger partial charge in [-0.15, -0.1) is 0 Å². The van der Waals surface area contributed by atoms with Crippen molar-refractivity contribution in [1.82, 2.24) is 4.57 Å². The van der Waals surface area contributed by atoms with E-state index < -0.39 is 5.97 Å². The number of benzene rings is 1. The van der Waals surface area contributed by atoms with Gasteiger partial charge in [0.2, 0.25) is 0 Å². The lowest BCUT2D eigenvalue weighted by Crippen LogP contribution is -1.95. The molecule has 17 heavy (non-hydrogen) atoms. The molecule has 0 aliphatic rings. The predicted octanol–water partition coefficient (Wildman–Crippen LogP) is 3.32. The Kier molecular flexibility index (Phi) is 2.94. The quantitative estimate of drug-likeness (QED) is 0.830. The fourth-order valence-corrected chi connectivity index (χ4v) is 2.05. The van der Waals surface area contributed by atoms with Crippen molar-refractivity contribution in [3.8, 4) is 0 Å². The first-order valence-corrected chi connectivity index (χ1v) is 5.54. The van der Waals surface area contributed by atoms with Crippen LogP contribution in [0, 0.1) is 0 Å². The van der Waals surface area contributed by atoms with Crippen molar-refractivity contribution in [3.63, 3.8) is 0 Å². The Morgan fingerprint density at radius 1 is 1.41 bits per heavy atom. The van der Waals surface area contributed by atoms with Crippen LogP contribution < -0.4 is 0 Å². The molecule has 4 heteroatoms. The number of nitrogens with zero attached hydrogens (tertiary/aromatic N) is 1. The van der Waals surface area contributed by atoms with Crippen LogP contribution in [0.3, 0.4) is 0 Å². The van der Waals surface area contributed by atoms with Crippen LogP contribution in [0.25, 0.3) is 17.0 Å². The molecule has 3 nitrogen and oxygen atoms in total. The number of fused-ring (bicyclic) bond motifs is 1. The molecule has 0 spiro atoms. The van der Waals surface area contributed by atoms with E-state index in [4.69, 9.17) is 16.7 Å². The van der Waals surface area contributed by atoms with Gasteiger partial charge in [0.05, 0.1) is 0 Å². The molecule has 2 aromatic rings. The van der Waals surface area contributed by atoms with E-state index >= 15 is 0 Å². The average molecular weight is 250 g/mol. The second-order valence-electron chi connectivity index (χ2n) is 3.91. The molecule has 0 saturated heterocycles. The lowest BCUT2D eigenvalue weighted by Gasteiger charge is -1.96. The zero-order valence-electron chi connectivity index (χ0n) is 9.57. The summed E-state index contributed by atoms with van der Waals surface area (Å²) < 4.78 is 1.85. The van der Waals surface area contributed by atoms with E-state index in [1.165, 1.54) is 0 Å². The van der Waals surface area contributed by atoms with Gasteiger partial charge in [0.25, 0.3) is 0 Å². The third kappa shape index (κ3) is 1.94. The van der Waals surface area contributed by atoms with Crippen molar-refractivity contribution in [2.75, 3.05) is 0 Å². The SMILES string of the molecule is C/C(=C\c1c(Cl)n(C)c2ccccc12)C(=O)O. The lowest BCUT2D eigenvalue weighted by atomic mass is 10.1. The molecule has 0 aliphatic carbocycles. The van der Waals surface area contributed by atoms with Crippen LogP contribution in [0.1, 0.15) is 12.5 Å². The first-order chi connectivity index (χ1) is 8.02. The standard InChI is InChI=1S/C13H12ClNO2/c1-8(13(16)17)7-10-9-5-3-4-6-11(9)15(2)12(10)14/h3-7H,1-2H3,(H,16,17)/b8-7+. The van der Waals surface area contributed by atoms with Gasteiger partial charge in [0.15, 0.2) is 0 Å². The van der Waals surface area contributed by atoms with Crippen LogP contribution in [-0.2, 0) is 11.8 Å². The number of aryl methyl sites for hydroxylation is 1. The minimum Gasteiger partial charge on any atom is -0.478 e. The second kappa shape index (κ2) is 4.26. The second-order valence-corrected chi connectivity index (χ2v) is 4.27. The van der Waals surface area contributed by atoms with Crippen molar-refractivity contribution in [1.29, 1.82) is 0 Å². The average Bonchev–Trinajstić information content (AvgIpc) is 2.55. The van der Waals surface area contributed by atoms with Crippen molar-refractivity contribution in [2.24, 2.45) is 7.05 Å². The Morgan fingerprint density at radius 3 is 2.71 bits per heavy atom. The number of carboxylic acid groups (broad SMARTS) is 1. The highest BCUT2D eigenvalue weighted by molar-refractivity contribution is 6.33. The summed E-state index contributed by atoms with van der Waals surface area (Å²) in [7, 11) is 1.86. The summed E-state index contributed by atoms with van der Waals surface area (Å²) in [5, 5.41) is 10.4. The Morgan fingerprint density at radius 2 is 2.06 bits per heavy atom. The van der Waals surface area contributed by atoms with Crippen molar-refractivity contribution in [2.45, 2.75) is 6.92 Å². The predicted molar refractivity (Wildman–Crippen MR) is 69.2 cm³/mol. The molecule has 1 aromatic carbocycles. The smallest absolute Gasteiger partial charge is 0.331 e. The summed E-state index contributed by atoms with van der Waals surface area (Å²) in [4.78, 5) is 10.8.